The number of nitrogens with one attached hydrogen (secondary N) is 2. The lowest BCUT2D eigenvalue weighted by Crippen LogP contribution is -2.27. The van der Waals surface area contributed by atoms with Crippen LogP contribution in [0.4, 0.5) is 5.69 Å². The van der Waals surface area contributed by atoms with Crippen molar-refractivity contribution in [1.29, 1.82) is 0 Å². The molecule has 7 heteroatoms. The lowest BCUT2D eigenvalue weighted by molar-refractivity contribution is -0.147. The van der Waals surface area contributed by atoms with E-state index in [0.717, 1.165) is 5.56 Å². The predicted molar refractivity (Wildman–Crippen MR) is 86.4 cm³/mol. The Hall–Kier alpha value is -3.09. The van der Waals surface area contributed by atoms with Crippen molar-refractivity contribution in [3.8, 4) is 0 Å². The quantitative estimate of drug-likeness (QED) is 0.756. The van der Waals surface area contributed by atoms with Crippen LogP contribution in [0.3, 0.4) is 0 Å². The SMILES string of the molecule is Cc1ccc(NC(=O)COC(=O)CCNC(=O)c2ccco2)cc1. The fourth-order valence-corrected chi connectivity index (χ4v) is 1.83. The number of amides is 2. The van der Waals surface area contributed by atoms with Crippen molar-refractivity contribution >= 4 is 23.5 Å². The Kier molecular flexibility index (Phi) is 6.13. The van der Waals surface area contributed by atoms with E-state index in [1.165, 1.54) is 12.3 Å². The van der Waals surface area contributed by atoms with Crippen LogP contribution in [-0.2, 0) is 14.3 Å². The lowest BCUT2D eigenvalue weighted by atomic mass is 10.2. The van der Waals surface area contributed by atoms with Crippen molar-refractivity contribution in [2.45, 2.75) is 13.3 Å². The number of rotatable bonds is 7. The standard InChI is InChI=1S/C17H18N2O5/c1-12-4-6-13(7-5-12)19-15(20)11-24-16(21)8-9-18-17(22)14-3-2-10-23-14/h2-7,10H,8-9,11H2,1H3,(H,18,22)(H,19,20). The molecule has 0 unspecified atom stereocenters. The fourth-order valence-electron chi connectivity index (χ4n) is 1.83. The van der Waals surface area contributed by atoms with Crippen LogP contribution in [0.15, 0.2) is 47.1 Å². The third-order valence-electron chi connectivity index (χ3n) is 3.06. The summed E-state index contributed by atoms with van der Waals surface area (Å²) in [6, 6.07) is 10.4. The molecule has 2 N–H and O–H groups in total. The zero-order valence-corrected chi connectivity index (χ0v) is 13.2. The lowest BCUT2D eigenvalue weighted by Gasteiger charge is -2.07. The van der Waals surface area contributed by atoms with Gasteiger partial charge in [0, 0.05) is 12.2 Å². The average Bonchev–Trinajstić information content (AvgIpc) is 3.10. The molecule has 2 aromatic rings. The van der Waals surface area contributed by atoms with Crippen LogP contribution >= 0.6 is 0 Å². The van der Waals surface area contributed by atoms with E-state index >= 15 is 0 Å². The van der Waals surface area contributed by atoms with Gasteiger partial charge in [0.2, 0.25) is 0 Å². The molecule has 7 nitrogen and oxygen atoms in total. The van der Waals surface area contributed by atoms with Gasteiger partial charge >= 0.3 is 5.97 Å². The van der Waals surface area contributed by atoms with Gasteiger partial charge in [0.15, 0.2) is 12.4 Å². The Balaban J connectivity index is 1.63. The van der Waals surface area contributed by atoms with Gasteiger partial charge in [-0.25, -0.2) is 0 Å². The topological polar surface area (TPSA) is 97.6 Å². The highest BCUT2D eigenvalue weighted by atomic mass is 16.5. The molecule has 1 aromatic carbocycles. The number of aryl methyl sites for hydroxylation is 1. The predicted octanol–water partition coefficient (Wildman–Crippen LogP) is 1.89. The van der Waals surface area contributed by atoms with E-state index in [9.17, 15) is 14.4 Å². The van der Waals surface area contributed by atoms with Crippen molar-refractivity contribution in [3.63, 3.8) is 0 Å². The summed E-state index contributed by atoms with van der Waals surface area (Å²) in [6.45, 7) is 1.66. The van der Waals surface area contributed by atoms with Gasteiger partial charge in [0.1, 0.15) is 0 Å². The average molecular weight is 330 g/mol. The van der Waals surface area contributed by atoms with Gasteiger partial charge in [-0.1, -0.05) is 17.7 Å². The van der Waals surface area contributed by atoms with E-state index in [-0.39, 0.29) is 25.3 Å². The summed E-state index contributed by atoms with van der Waals surface area (Å²) < 4.78 is 9.76. The second kappa shape index (κ2) is 8.52. The molecule has 0 spiro atoms. The maximum absolute atomic E-state index is 11.7. The van der Waals surface area contributed by atoms with E-state index in [0.29, 0.717) is 5.69 Å². The first kappa shape index (κ1) is 17.3. The molecule has 24 heavy (non-hydrogen) atoms. The first-order chi connectivity index (χ1) is 11.5. The molecule has 0 aliphatic heterocycles. The number of carbonyl (C=O) groups excluding carboxylic acids is 3. The van der Waals surface area contributed by atoms with Crippen LogP contribution in [0.1, 0.15) is 22.5 Å². The smallest absolute Gasteiger partial charge is 0.308 e. The zero-order chi connectivity index (χ0) is 17.4. The van der Waals surface area contributed by atoms with E-state index < -0.39 is 17.8 Å². The Morgan fingerprint density at radius 2 is 1.88 bits per heavy atom. The van der Waals surface area contributed by atoms with E-state index in [1.807, 2.05) is 19.1 Å². The number of esters is 1. The Morgan fingerprint density at radius 1 is 1.12 bits per heavy atom. The molecule has 0 aliphatic carbocycles. The number of furan rings is 1. The summed E-state index contributed by atoms with van der Waals surface area (Å²) in [5.41, 5.74) is 1.71. The summed E-state index contributed by atoms with van der Waals surface area (Å²) in [6.07, 6.45) is 1.35. The monoisotopic (exact) mass is 330 g/mol. The second-order valence-electron chi connectivity index (χ2n) is 5.06. The van der Waals surface area contributed by atoms with Crippen LogP contribution in [0.2, 0.25) is 0 Å². The van der Waals surface area contributed by atoms with Crippen molar-refractivity contribution in [2.24, 2.45) is 0 Å². The second-order valence-corrected chi connectivity index (χ2v) is 5.06. The molecule has 0 bridgehead atoms. The largest absolute Gasteiger partial charge is 0.459 e. The van der Waals surface area contributed by atoms with Gasteiger partial charge in [-0.05, 0) is 31.2 Å². The van der Waals surface area contributed by atoms with Gasteiger partial charge in [0.05, 0.1) is 12.7 Å². The number of anilines is 1. The number of hydrogen-bond acceptors (Lipinski definition) is 5. The van der Waals surface area contributed by atoms with Crippen LogP contribution in [0.25, 0.3) is 0 Å². The van der Waals surface area contributed by atoms with Crippen LogP contribution in [0.5, 0.6) is 0 Å². The van der Waals surface area contributed by atoms with Gasteiger partial charge in [-0.15, -0.1) is 0 Å². The Labute approximate surface area is 139 Å². The maximum Gasteiger partial charge on any atom is 0.308 e. The van der Waals surface area contributed by atoms with E-state index in [2.05, 4.69) is 10.6 Å². The third kappa shape index (κ3) is 5.60. The normalized spacial score (nSPS) is 10.0. The maximum atomic E-state index is 11.7. The Morgan fingerprint density at radius 3 is 2.54 bits per heavy atom. The minimum atomic E-state index is -0.575. The third-order valence-corrected chi connectivity index (χ3v) is 3.06. The summed E-state index contributed by atoms with van der Waals surface area (Å²) >= 11 is 0. The van der Waals surface area contributed by atoms with Crippen molar-refractivity contribution in [3.05, 3.63) is 54.0 Å². The molecule has 2 rings (SSSR count). The molecular formula is C17H18N2O5. The number of carbonyl (C=O) groups is 3. The summed E-state index contributed by atoms with van der Waals surface area (Å²) in [7, 11) is 0. The minimum Gasteiger partial charge on any atom is -0.459 e. The highest BCUT2D eigenvalue weighted by molar-refractivity contribution is 5.93. The summed E-state index contributed by atoms with van der Waals surface area (Å²) in [4.78, 5) is 34.8. The molecule has 0 radical (unpaired) electrons. The molecule has 1 aromatic heterocycles. The van der Waals surface area contributed by atoms with E-state index in [4.69, 9.17) is 9.15 Å². The number of benzene rings is 1. The van der Waals surface area contributed by atoms with Crippen LogP contribution in [0, 0.1) is 6.92 Å². The fraction of sp³-hybridized carbons (Fsp3) is 0.235. The first-order valence-corrected chi connectivity index (χ1v) is 7.38. The molecular weight excluding hydrogens is 312 g/mol. The highest BCUT2D eigenvalue weighted by Gasteiger charge is 2.11. The molecule has 0 aliphatic rings. The van der Waals surface area contributed by atoms with E-state index in [1.54, 1.807) is 18.2 Å². The molecule has 0 fully saturated rings. The summed E-state index contributed by atoms with van der Waals surface area (Å²) in [5.74, 6) is -1.24. The van der Waals surface area contributed by atoms with Crippen LogP contribution in [-0.4, -0.2) is 30.9 Å². The molecule has 2 amide bonds. The zero-order valence-electron chi connectivity index (χ0n) is 13.2. The van der Waals surface area contributed by atoms with Crippen LogP contribution < -0.4 is 10.6 Å². The minimum absolute atomic E-state index is 0.0374. The number of ether oxygens (including phenoxy) is 1. The van der Waals surface area contributed by atoms with Crippen molar-refractivity contribution in [2.75, 3.05) is 18.5 Å². The van der Waals surface area contributed by atoms with Crippen molar-refractivity contribution in [1.82, 2.24) is 5.32 Å². The first-order valence-electron chi connectivity index (χ1n) is 7.38. The molecule has 0 atom stereocenters. The molecule has 126 valence electrons. The van der Waals surface area contributed by atoms with Gasteiger partial charge < -0.3 is 19.8 Å². The molecule has 1 heterocycles. The highest BCUT2D eigenvalue weighted by Crippen LogP contribution is 2.08. The number of hydrogen-bond donors (Lipinski definition) is 2. The van der Waals surface area contributed by atoms with Gasteiger partial charge in [0.25, 0.3) is 11.8 Å². The Bertz CT molecular complexity index is 692. The van der Waals surface area contributed by atoms with Gasteiger partial charge in [-0.3, -0.25) is 14.4 Å². The molecule has 0 saturated heterocycles. The molecule has 0 saturated carbocycles. The summed E-state index contributed by atoms with van der Waals surface area (Å²) in [5, 5.41) is 5.13. The van der Waals surface area contributed by atoms with Crippen molar-refractivity contribution < 1.29 is 23.5 Å². The van der Waals surface area contributed by atoms with Gasteiger partial charge in [-0.2, -0.15) is 0 Å².